The third kappa shape index (κ3) is 2.99. The Bertz CT molecular complexity index is 877. The molecule has 1 aromatic carbocycles. The molecule has 0 unspecified atom stereocenters. The highest BCUT2D eigenvalue weighted by atomic mass is 16.2. The van der Waals surface area contributed by atoms with Crippen LogP contribution in [0.15, 0.2) is 54.9 Å². The fourth-order valence-corrected chi connectivity index (χ4v) is 2.44. The van der Waals surface area contributed by atoms with Gasteiger partial charge in [0.25, 0.3) is 11.8 Å². The summed E-state index contributed by atoms with van der Waals surface area (Å²) in [7, 11) is 0. The van der Waals surface area contributed by atoms with Crippen LogP contribution < -0.4 is 10.6 Å². The topological polar surface area (TPSA) is 75.5 Å². The second-order valence-corrected chi connectivity index (χ2v) is 5.87. The molecule has 24 heavy (non-hydrogen) atoms. The minimum atomic E-state index is -0.283. The van der Waals surface area contributed by atoms with Crippen molar-refractivity contribution in [2.75, 3.05) is 5.32 Å². The van der Waals surface area contributed by atoms with E-state index in [1.165, 1.54) is 0 Å². The lowest BCUT2D eigenvalue weighted by molar-refractivity contribution is 0.0950. The Morgan fingerprint density at radius 1 is 1.04 bits per heavy atom. The van der Waals surface area contributed by atoms with Crippen molar-refractivity contribution in [3.63, 3.8) is 0 Å². The Labute approximate surface area is 138 Å². The van der Waals surface area contributed by atoms with Crippen molar-refractivity contribution in [1.82, 2.24) is 14.7 Å². The van der Waals surface area contributed by atoms with Crippen LogP contribution in [0.4, 0.5) is 5.69 Å². The molecule has 4 rings (SSSR count). The molecule has 0 atom stereocenters. The van der Waals surface area contributed by atoms with Gasteiger partial charge in [0.05, 0.1) is 0 Å². The number of hydrogen-bond donors (Lipinski definition) is 2. The monoisotopic (exact) mass is 320 g/mol. The number of hydrogen-bond acceptors (Lipinski definition) is 3. The number of fused-ring (bicyclic) bond motifs is 1. The van der Waals surface area contributed by atoms with E-state index in [0.717, 1.165) is 18.5 Å². The summed E-state index contributed by atoms with van der Waals surface area (Å²) in [6.07, 6.45) is 5.63. The van der Waals surface area contributed by atoms with Gasteiger partial charge in [-0.05, 0) is 49.2 Å². The van der Waals surface area contributed by atoms with Crippen LogP contribution in [-0.4, -0.2) is 27.2 Å². The van der Waals surface area contributed by atoms with Crippen molar-refractivity contribution < 1.29 is 9.59 Å². The Morgan fingerprint density at radius 3 is 2.54 bits per heavy atom. The number of benzene rings is 1. The van der Waals surface area contributed by atoms with Crippen LogP contribution in [-0.2, 0) is 0 Å². The Hall–Kier alpha value is -3.15. The predicted molar refractivity (Wildman–Crippen MR) is 90.1 cm³/mol. The molecule has 0 bridgehead atoms. The van der Waals surface area contributed by atoms with Crippen molar-refractivity contribution >= 4 is 23.1 Å². The van der Waals surface area contributed by atoms with E-state index in [0.29, 0.717) is 23.0 Å². The number of pyridine rings is 1. The van der Waals surface area contributed by atoms with Crippen molar-refractivity contribution in [1.29, 1.82) is 0 Å². The van der Waals surface area contributed by atoms with Crippen LogP contribution >= 0.6 is 0 Å². The van der Waals surface area contributed by atoms with Gasteiger partial charge in [-0.3, -0.25) is 9.59 Å². The van der Waals surface area contributed by atoms with Gasteiger partial charge in [0.1, 0.15) is 11.3 Å². The van der Waals surface area contributed by atoms with E-state index < -0.39 is 0 Å². The molecule has 3 aromatic rings. The molecule has 0 radical (unpaired) electrons. The number of aromatic nitrogens is 2. The second-order valence-electron chi connectivity index (χ2n) is 5.87. The van der Waals surface area contributed by atoms with Crippen molar-refractivity contribution in [3.8, 4) is 0 Å². The van der Waals surface area contributed by atoms with Crippen LogP contribution in [0.25, 0.3) is 5.65 Å². The molecule has 0 spiro atoms. The number of carbonyl (C=O) groups is 2. The molecule has 1 aliphatic carbocycles. The van der Waals surface area contributed by atoms with Crippen molar-refractivity contribution in [2.45, 2.75) is 18.9 Å². The van der Waals surface area contributed by atoms with Crippen molar-refractivity contribution in [3.05, 3.63) is 66.1 Å². The summed E-state index contributed by atoms with van der Waals surface area (Å²) in [4.78, 5) is 28.5. The highest BCUT2D eigenvalue weighted by Crippen LogP contribution is 2.19. The minimum absolute atomic E-state index is 0.0734. The quantitative estimate of drug-likeness (QED) is 0.775. The molecule has 0 saturated heterocycles. The average Bonchev–Trinajstić information content (AvgIpc) is 3.29. The van der Waals surface area contributed by atoms with Gasteiger partial charge in [-0.15, -0.1) is 0 Å². The zero-order valence-corrected chi connectivity index (χ0v) is 12.9. The first-order valence-electron chi connectivity index (χ1n) is 7.85. The van der Waals surface area contributed by atoms with Gasteiger partial charge in [0.2, 0.25) is 0 Å². The smallest absolute Gasteiger partial charge is 0.275 e. The first-order valence-corrected chi connectivity index (χ1v) is 7.85. The lowest BCUT2D eigenvalue weighted by atomic mass is 10.2. The summed E-state index contributed by atoms with van der Waals surface area (Å²) >= 11 is 0. The zero-order valence-electron chi connectivity index (χ0n) is 12.9. The molecule has 1 saturated carbocycles. The standard InChI is InChI=1S/C18H16N4O2/c23-17(19-14-8-9-14)12-4-6-13(7-5-12)20-18(24)15-11-22-10-2-1-3-16(22)21-15/h1-7,10-11,14H,8-9H2,(H,19,23)(H,20,24). The molecule has 2 N–H and O–H groups in total. The van der Waals surface area contributed by atoms with Gasteiger partial charge in [0, 0.05) is 29.7 Å². The number of amides is 2. The summed E-state index contributed by atoms with van der Waals surface area (Å²) < 4.78 is 1.79. The second kappa shape index (κ2) is 5.81. The predicted octanol–water partition coefficient (Wildman–Crippen LogP) is 2.48. The lowest BCUT2D eigenvalue weighted by Crippen LogP contribution is -2.25. The molecule has 2 heterocycles. The number of carbonyl (C=O) groups excluding carboxylic acids is 2. The van der Waals surface area contributed by atoms with Crippen LogP contribution in [0.1, 0.15) is 33.7 Å². The number of anilines is 1. The first kappa shape index (κ1) is 14.4. The van der Waals surface area contributed by atoms with E-state index >= 15 is 0 Å². The number of nitrogens with zero attached hydrogens (tertiary/aromatic N) is 2. The molecule has 1 fully saturated rings. The lowest BCUT2D eigenvalue weighted by Gasteiger charge is -2.06. The normalized spacial score (nSPS) is 13.7. The molecule has 0 aliphatic heterocycles. The number of nitrogens with one attached hydrogen (secondary N) is 2. The molecule has 6 nitrogen and oxygen atoms in total. The highest BCUT2D eigenvalue weighted by molar-refractivity contribution is 6.03. The van der Waals surface area contributed by atoms with Crippen LogP contribution in [0.5, 0.6) is 0 Å². The maximum absolute atomic E-state index is 12.3. The number of imidazole rings is 1. The third-order valence-electron chi connectivity index (χ3n) is 3.91. The zero-order chi connectivity index (χ0) is 16.5. The van der Waals surface area contributed by atoms with E-state index in [9.17, 15) is 9.59 Å². The molecule has 2 aromatic heterocycles. The average molecular weight is 320 g/mol. The van der Waals surface area contributed by atoms with Crippen molar-refractivity contribution in [2.24, 2.45) is 0 Å². The summed E-state index contributed by atoms with van der Waals surface area (Å²) in [5.41, 5.74) is 2.28. The fourth-order valence-electron chi connectivity index (χ4n) is 2.44. The SMILES string of the molecule is O=C(NC1CC1)c1ccc(NC(=O)c2cn3ccccc3n2)cc1. The van der Waals surface area contributed by atoms with E-state index in [4.69, 9.17) is 0 Å². The highest BCUT2D eigenvalue weighted by Gasteiger charge is 2.23. The molecular formula is C18H16N4O2. The summed E-state index contributed by atoms with van der Waals surface area (Å²) in [6, 6.07) is 12.8. The first-order chi connectivity index (χ1) is 11.7. The van der Waals surface area contributed by atoms with Gasteiger partial charge < -0.3 is 15.0 Å². The summed E-state index contributed by atoms with van der Waals surface area (Å²) in [5.74, 6) is -0.357. The molecule has 1 aliphatic rings. The van der Waals surface area contributed by atoms with E-state index in [2.05, 4.69) is 15.6 Å². The molecule has 120 valence electrons. The van der Waals surface area contributed by atoms with Gasteiger partial charge in [-0.25, -0.2) is 4.98 Å². The van der Waals surface area contributed by atoms with Gasteiger partial charge in [-0.1, -0.05) is 6.07 Å². The Balaban J connectivity index is 1.45. The maximum atomic E-state index is 12.3. The molecule has 2 amide bonds. The van der Waals surface area contributed by atoms with Crippen LogP contribution in [0.3, 0.4) is 0 Å². The Morgan fingerprint density at radius 2 is 1.83 bits per heavy atom. The maximum Gasteiger partial charge on any atom is 0.275 e. The fraction of sp³-hybridized carbons (Fsp3) is 0.167. The summed E-state index contributed by atoms with van der Waals surface area (Å²) in [6.45, 7) is 0. The van der Waals surface area contributed by atoms with Gasteiger partial charge >= 0.3 is 0 Å². The number of rotatable bonds is 4. The van der Waals surface area contributed by atoms with Crippen LogP contribution in [0, 0.1) is 0 Å². The van der Waals surface area contributed by atoms with Gasteiger partial charge in [-0.2, -0.15) is 0 Å². The minimum Gasteiger partial charge on any atom is -0.349 e. The van der Waals surface area contributed by atoms with Gasteiger partial charge in [0.15, 0.2) is 0 Å². The molecular weight excluding hydrogens is 304 g/mol. The largest absolute Gasteiger partial charge is 0.349 e. The van der Waals surface area contributed by atoms with E-state index in [1.54, 1.807) is 34.9 Å². The molecule has 6 heteroatoms. The Kier molecular flexibility index (Phi) is 3.49. The van der Waals surface area contributed by atoms with Crippen LogP contribution in [0.2, 0.25) is 0 Å². The van der Waals surface area contributed by atoms with E-state index in [-0.39, 0.29) is 11.8 Å². The third-order valence-corrected chi connectivity index (χ3v) is 3.91. The summed E-state index contributed by atoms with van der Waals surface area (Å²) in [5, 5.41) is 5.72. The van der Waals surface area contributed by atoms with E-state index in [1.807, 2.05) is 24.4 Å².